The van der Waals surface area contributed by atoms with E-state index in [-0.39, 0.29) is 12.8 Å². The minimum atomic E-state index is -5.17. The molecule has 2 rings (SSSR count). The molecule has 112 valence electrons. The molecule has 2 heterocycles. The summed E-state index contributed by atoms with van der Waals surface area (Å²) < 4.78 is 38.3. The second-order valence-corrected chi connectivity index (χ2v) is 6.12. The monoisotopic (exact) mass is 320 g/mol. The number of hydrogen-bond acceptors (Lipinski definition) is 6. The van der Waals surface area contributed by atoms with Crippen molar-refractivity contribution in [1.82, 2.24) is 0 Å². The zero-order valence-corrected chi connectivity index (χ0v) is 12.5. The van der Waals surface area contributed by atoms with Crippen molar-refractivity contribution in [3.63, 3.8) is 0 Å². The topological polar surface area (TPSA) is 107 Å². The number of aliphatic hydroxyl groups excluding tert-OH is 1. The lowest BCUT2D eigenvalue weighted by atomic mass is 10.4. The molecule has 0 radical (unpaired) electrons. The summed E-state index contributed by atoms with van der Waals surface area (Å²) in [5, 5.41) is 9.91. The Kier molecular flexibility index (Phi) is 6.56. The molecule has 0 aliphatic carbocycles. The molecule has 0 amide bonds. The minimum Gasteiger partial charge on any atom is -0.759 e. The van der Waals surface area contributed by atoms with Gasteiger partial charge in [0.1, 0.15) is 0 Å². The lowest BCUT2D eigenvalue weighted by molar-refractivity contribution is -0.883. The molecule has 0 fully saturated rings. The highest BCUT2D eigenvalue weighted by Gasteiger charge is 2.35. The minimum absolute atomic E-state index is 0.0243. The first-order valence-corrected chi connectivity index (χ1v) is 8.17. The Hall–Kier alpha value is -1.00. The highest BCUT2D eigenvalue weighted by Crippen LogP contribution is 2.19. The number of aliphatic hydroxyl groups is 1. The quantitative estimate of drug-likeness (QED) is 0.448. The molecule has 0 spiro atoms. The Labute approximate surface area is 122 Å². The van der Waals surface area contributed by atoms with E-state index >= 15 is 0 Å². The number of pyridine rings is 1. The number of thioether (sulfide) groups is 1. The van der Waals surface area contributed by atoms with Crippen LogP contribution in [0.4, 0.5) is 0 Å². The summed E-state index contributed by atoms with van der Waals surface area (Å²) in [5.74, 6) is 1.03. The molecule has 7 nitrogen and oxygen atoms in total. The van der Waals surface area contributed by atoms with Crippen LogP contribution >= 0.6 is 11.8 Å². The molecular formula is C11H16N2O5S2. The first-order chi connectivity index (χ1) is 9.33. The van der Waals surface area contributed by atoms with Crippen LogP contribution in [0.5, 0.6) is 0 Å². The van der Waals surface area contributed by atoms with Crippen molar-refractivity contribution in [2.75, 3.05) is 12.4 Å². The zero-order chi connectivity index (χ0) is 15.2. The number of hydrogen-bond donors (Lipinski definition) is 1. The third-order valence-corrected chi connectivity index (χ3v) is 3.70. The van der Waals surface area contributed by atoms with E-state index in [1.54, 1.807) is 0 Å². The molecule has 1 aromatic rings. The highest BCUT2D eigenvalue weighted by atomic mass is 32.3. The van der Waals surface area contributed by atoms with Crippen molar-refractivity contribution in [2.45, 2.75) is 18.5 Å². The lowest BCUT2D eigenvalue weighted by Gasteiger charge is -2.09. The van der Waals surface area contributed by atoms with E-state index in [2.05, 4.69) is 17.7 Å². The SMILES string of the molecule is CC1SCC=[N+]1C(CO)[n+]1ccccc1.O=S(=O)([O-])[O-]. The summed E-state index contributed by atoms with van der Waals surface area (Å²) in [6, 6.07) is 5.95. The van der Waals surface area contributed by atoms with Gasteiger partial charge in [-0.15, -0.1) is 4.57 Å². The molecule has 2 unspecified atom stereocenters. The highest BCUT2D eigenvalue weighted by molar-refractivity contribution is 8.00. The van der Waals surface area contributed by atoms with E-state index in [1.165, 1.54) is 0 Å². The van der Waals surface area contributed by atoms with Crippen molar-refractivity contribution in [2.24, 2.45) is 0 Å². The smallest absolute Gasteiger partial charge is 0.371 e. The summed E-state index contributed by atoms with van der Waals surface area (Å²) in [6.07, 6.45) is 6.17. The molecule has 0 bridgehead atoms. The van der Waals surface area contributed by atoms with Crippen molar-refractivity contribution < 1.29 is 31.8 Å². The largest absolute Gasteiger partial charge is 0.759 e. The Bertz CT molecular complexity index is 539. The molecule has 0 aromatic carbocycles. The van der Waals surface area contributed by atoms with Gasteiger partial charge in [-0.05, 0) is 0 Å². The van der Waals surface area contributed by atoms with Crippen LogP contribution in [0.2, 0.25) is 0 Å². The number of aromatic nitrogens is 1. The summed E-state index contributed by atoms with van der Waals surface area (Å²) in [4.78, 5) is 0. The van der Waals surface area contributed by atoms with Crippen molar-refractivity contribution >= 4 is 28.4 Å². The van der Waals surface area contributed by atoms with E-state index in [0.717, 1.165) is 5.75 Å². The Morgan fingerprint density at radius 2 is 1.90 bits per heavy atom. The maximum atomic E-state index is 9.47. The number of rotatable bonds is 3. The average Bonchev–Trinajstić information content (AvgIpc) is 2.76. The summed E-state index contributed by atoms with van der Waals surface area (Å²) >= 11 is 1.89. The van der Waals surface area contributed by atoms with E-state index in [0.29, 0.717) is 5.37 Å². The summed E-state index contributed by atoms with van der Waals surface area (Å²) in [5.41, 5.74) is 0. The standard InChI is InChI=1S/C11H16N2OS.H2O4S/c1-10-13(7-8-15-10)11(9-14)12-5-3-2-4-6-12;1-5(2,3)4/h2-7,10-11,14H,8-9H2,1H3;(H2,1,2,3,4)/q+2;/p-2. The second-order valence-electron chi connectivity index (χ2n) is 3.96. The van der Waals surface area contributed by atoms with E-state index in [4.69, 9.17) is 17.5 Å². The van der Waals surface area contributed by atoms with Crippen molar-refractivity contribution in [3.8, 4) is 0 Å². The molecule has 1 aliphatic rings. The van der Waals surface area contributed by atoms with Crippen LogP contribution < -0.4 is 4.57 Å². The van der Waals surface area contributed by atoms with Gasteiger partial charge in [0.05, 0.1) is 5.75 Å². The molecule has 1 N–H and O–H groups in total. The molecule has 9 heteroatoms. The predicted octanol–water partition coefficient (Wildman–Crippen LogP) is -0.697. The van der Waals surface area contributed by atoms with E-state index in [9.17, 15) is 5.11 Å². The summed E-state index contributed by atoms with van der Waals surface area (Å²) in [7, 11) is -5.17. The fourth-order valence-corrected chi connectivity index (χ4v) is 2.76. The second kappa shape index (κ2) is 7.70. The lowest BCUT2D eigenvalue weighted by Crippen LogP contribution is -2.48. The van der Waals surface area contributed by atoms with Gasteiger partial charge in [0, 0.05) is 29.5 Å². The van der Waals surface area contributed by atoms with Gasteiger partial charge in [-0.2, -0.15) is 4.58 Å². The van der Waals surface area contributed by atoms with Gasteiger partial charge < -0.3 is 14.2 Å². The fraction of sp³-hybridized carbons (Fsp3) is 0.455. The molecule has 2 atom stereocenters. The summed E-state index contributed by atoms with van der Waals surface area (Å²) in [6.45, 7) is 2.30. The molecule has 0 saturated heterocycles. The van der Waals surface area contributed by atoms with Gasteiger partial charge in [0.25, 0.3) is 0 Å². The Balaban J connectivity index is 0.000000347. The molecule has 1 aliphatic heterocycles. The first-order valence-electron chi connectivity index (χ1n) is 5.78. The predicted molar refractivity (Wildman–Crippen MR) is 71.5 cm³/mol. The van der Waals surface area contributed by atoms with Crippen LogP contribution in [0, 0.1) is 0 Å². The molecular weight excluding hydrogens is 304 g/mol. The molecule has 20 heavy (non-hydrogen) atoms. The van der Waals surface area contributed by atoms with Crippen molar-refractivity contribution in [1.29, 1.82) is 0 Å². The third-order valence-electron chi connectivity index (χ3n) is 2.63. The van der Waals surface area contributed by atoms with Crippen LogP contribution in [-0.2, 0) is 10.4 Å². The first kappa shape index (κ1) is 17.1. The molecule has 0 saturated carbocycles. The van der Waals surface area contributed by atoms with Gasteiger partial charge >= 0.3 is 6.17 Å². The number of nitrogens with zero attached hydrogens (tertiary/aromatic N) is 2. The third kappa shape index (κ3) is 5.97. The van der Waals surface area contributed by atoms with E-state index in [1.807, 2.05) is 46.9 Å². The van der Waals surface area contributed by atoms with E-state index < -0.39 is 10.4 Å². The Morgan fingerprint density at radius 1 is 1.35 bits per heavy atom. The fourth-order valence-electron chi connectivity index (χ4n) is 1.82. The van der Waals surface area contributed by atoms with Gasteiger partial charge in [0.2, 0.25) is 5.37 Å². The maximum absolute atomic E-state index is 9.47. The van der Waals surface area contributed by atoms with Crippen molar-refractivity contribution in [3.05, 3.63) is 30.6 Å². The van der Waals surface area contributed by atoms with Gasteiger partial charge in [0.15, 0.2) is 25.2 Å². The van der Waals surface area contributed by atoms with Gasteiger partial charge in [-0.3, -0.25) is 8.42 Å². The Morgan fingerprint density at radius 3 is 2.30 bits per heavy atom. The van der Waals surface area contributed by atoms with Crippen LogP contribution in [0.15, 0.2) is 30.6 Å². The molecule has 1 aromatic heterocycles. The van der Waals surface area contributed by atoms with Gasteiger partial charge in [-0.1, -0.05) is 17.8 Å². The normalized spacial score (nSPS) is 19.8. The van der Waals surface area contributed by atoms with Crippen LogP contribution in [0.3, 0.4) is 0 Å². The zero-order valence-electron chi connectivity index (χ0n) is 10.8. The maximum Gasteiger partial charge on any atom is 0.371 e. The van der Waals surface area contributed by atoms with Crippen LogP contribution in [-0.4, -0.2) is 51.2 Å². The van der Waals surface area contributed by atoms with Gasteiger partial charge in [-0.25, -0.2) is 0 Å². The average molecular weight is 320 g/mol. The van der Waals surface area contributed by atoms with Crippen LogP contribution in [0.1, 0.15) is 13.1 Å². The van der Waals surface area contributed by atoms with Crippen LogP contribution in [0.25, 0.3) is 0 Å².